The largest absolute Gasteiger partial charge is 0.0625 e. The van der Waals surface area contributed by atoms with Gasteiger partial charge in [-0.2, -0.15) is 0 Å². The third kappa shape index (κ3) is 30.8. The minimum absolute atomic E-state index is 0.375. The highest BCUT2D eigenvalue weighted by Crippen LogP contribution is 2.51. The molecular weight excluding hydrogens is 949 g/mol. The zero-order chi connectivity index (χ0) is 61.8. The second-order valence-electron chi connectivity index (χ2n) is 37.6. The van der Waals surface area contributed by atoms with Gasteiger partial charge in [-0.25, -0.2) is 0 Å². The predicted octanol–water partition coefficient (Wildman–Crippen LogP) is 27.9. The van der Waals surface area contributed by atoms with Crippen molar-refractivity contribution in [1.82, 2.24) is 0 Å². The minimum Gasteiger partial charge on any atom is -0.0625 e. The van der Waals surface area contributed by atoms with Crippen LogP contribution in [0.5, 0.6) is 0 Å². The standard InChI is InChI=1S/C11H24.2C10H22.2C8H14.4C8H16/c1-9(2,3)11(7,8)10(4,5)6;1-8(9(2,3)4)10(5,6)7;1-8(2)10(6,7)9(3,4)5;1-6-4-7-2-3-8(6)5-7;1-6-7-2-3-8(6)5-4-7;1-7-3-5-8(2)6-4-7;1-7-4-3-5-8(2)6-7;1-8(2)6-4-3-5-7-8;1-7-5-3-4-6-8(7)2/h1-8H3;2*8H,1-7H3;2*6-8H,2-5H2,1H3;2*7-8H,3-6H2,1-2H3;3-7H2,1-2H3;7-8H,3-6H2,1-2H3/t;;;6-,7?,8?;;;7-,8?;;7-,8?/m...0..1.1/s1. The van der Waals surface area contributed by atoms with Gasteiger partial charge in [-0.15, -0.1) is 0 Å². The van der Waals surface area contributed by atoms with E-state index in [2.05, 4.69) is 222 Å². The van der Waals surface area contributed by atoms with Crippen molar-refractivity contribution in [2.24, 2.45) is 126 Å². The van der Waals surface area contributed by atoms with Gasteiger partial charge in [-0.3, -0.25) is 0 Å². The van der Waals surface area contributed by atoms with Crippen LogP contribution in [0.3, 0.4) is 0 Å². The molecule has 0 aliphatic heterocycles. The van der Waals surface area contributed by atoms with Crippen LogP contribution < -0.4 is 0 Å². The number of hydrogen-bond acceptors (Lipinski definition) is 0. The molecule has 79 heavy (non-hydrogen) atoms. The molecular formula is C79H160. The molecule has 0 nitrogen and oxygen atoms in total. The Morgan fingerprint density at radius 1 is 0.329 bits per heavy atom. The fraction of sp³-hybridized carbons (Fsp3) is 1.00. The van der Waals surface area contributed by atoms with Crippen molar-refractivity contribution in [2.45, 2.75) is 382 Å². The van der Waals surface area contributed by atoms with Crippen molar-refractivity contribution in [3.05, 3.63) is 0 Å². The second-order valence-corrected chi connectivity index (χ2v) is 37.6. The van der Waals surface area contributed by atoms with E-state index >= 15 is 0 Å². The van der Waals surface area contributed by atoms with Gasteiger partial charge in [0.25, 0.3) is 0 Å². The van der Waals surface area contributed by atoms with Crippen molar-refractivity contribution in [3.8, 4) is 0 Å². The monoisotopic (exact) mass is 1110 g/mol. The molecule has 0 saturated heterocycles. The molecule has 476 valence electrons. The maximum atomic E-state index is 2.44. The molecule has 8 aliphatic rings. The first-order valence-corrected chi connectivity index (χ1v) is 35.7. The van der Waals surface area contributed by atoms with Gasteiger partial charge in [0.15, 0.2) is 0 Å². The Balaban J connectivity index is 0.000000867. The highest BCUT2D eigenvalue weighted by molar-refractivity contribution is 4.92. The van der Waals surface area contributed by atoms with E-state index in [9.17, 15) is 0 Å². The summed E-state index contributed by atoms with van der Waals surface area (Å²) in [4.78, 5) is 0. The highest BCUT2D eigenvalue weighted by atomic mass is 14.5. The summed E-state index contributed by atoms with van der Waals surface area (Å²) in [7, 11) is 0. The minimum atomic E-state index is 0.375. The van der Waals surface area contributed by atoms with E-state index in [0.29, 0.717) is 43.3 Å². The lowest BCUT2D eigenvalue weighted by Crippen LogP contribution is -2.41. The van der Waals surface area contributed by atoms with E-state index in [1.54, 1.807) is 51.4 Å². The SMILES string of the molecule is CC(C(C)(C)C)C(C)(C)C.CC(C)(C)C(C)(C)C(C)(C)C.CC(C)C(C)(C)C(C)(C)C.CC1(C)CCCCC1.CC1C2CCC1CC2.CC1CCC(C)CC1.CC1CCCC[C@H]1C.CC1CCC[C@@H](C)C1.C[C@H]1CC2CCC1C2. The molecule has 0 aromatic rings. The summed E-state index contributed by atoms with van der Waals surface area (Å²) in [6, 6.07) is 0. The lowest BCUT2D eigenvalue weighted by Gasteiger charge is -2.49. The molecule has 0 spiro atoms. The predicted molar refractivity (Wildman–Crippen MR) is 365 cm³/mol. The van der Waals surface area contributed by atoms with Crippen LogP contribution in [0.4, 0.5) is 0 Å². The molecule has 8 rings (SSSR count). The Kier molecular flexibility index (Phi) is 35.0. The molecule has 8 aliphatic carbocycles. The molecule has 4 bridgehead atoms. The molecule has 0 aromatic heterocycles. The van der Waals surface area contributed by atoms with Gasteiger partial charge in [0, 0.05) is 0 Å². The van der Waals surface area contributed by atoms with E-state index in [4.69, 9.17) is 0 Å². The molecule has 0 heterocycles. The average Bonchev–Trinajstić information content (AvgIpc) is 4.10. The third-order valence-electron chi connectivity index (χ3n) is 25.4. The van der Waals surface area contributed by atoms with Crippen molar-refractivity contribution in [3.63, 3.8) is 0 Å². The van der Waals surface area contributed by atoms with Crippen LogP contribution in [-0.4, -0.2) is 0 Å². The normalized spacial score (nSPS) is 31.4. The maximum Gasteiger partial charge on any atom is -0.0257 e. The Labute approximate surface area is 505 Å². The first-order chi connectivity index (χ1) is 35.7. The van der Waals surface area contributed by atoms with E-state index in [1.807, 2.05) is 0 Å². The Morgan fingerprint density at radius 2 is 0.696 bits per heavy atom. The summed E-state index contributed by atoms with van der Waals surface area (Å²) in [5.74, 6) is 14.3. The molecule has 4 unspecified atom stereocenters. The van der Waals surface area contributed by atoms with Gasteiger partial charge >= 0.3 is 0 Å². The van der Waals surface area contributed by atoms with E-state index in [-0.39, 0.29) is 0 Å². The molecule has 8 saturated carbocycles. The Bertz CT molecular complexity index is 1420. The van der Waals surface area contributed by atoms with Gasteiger partial charge in [0.1, 0.15) is 0 Å². The molecule has 8 fully saturated rings. The maximum absolute atomic E-state index is 2.44. The third-order valence-corrected chi connectivity index (χ3v) is 25.4. The lowest BCUT2D eigenvalue weighted by atomic mass is 9.56. The van der Waals surface area contributed by atoms with Crippen LogP contribution in [0.1, 0.15) is 382 Å². The van der Waals surface area contributed by atoms with Gasteiger partial charge in [-0.1, -0.05) is 318 Å². The first-order valence-electron chi connectivity index (χ1n) is 35.7. The van der Waals surface area contributed by atoms with Crippen LogP contribution >= 0.6 is 0 Å². The first kappa shape index (κ1) is 79.0. The Hall–Kier alpha value is 0. The number of hydrogen-bond donors (Lipinski definition) is 0. The molecule has 0 radical (unpaired) electrons. The van der Waals surface area contributed by atoms with E-state index < -0.39 is 0 Å². The fourth-order valence-corrected chi connectivity index (χ4v) is 14.6. The molecule has 0 aromatic carbocycles. The van der Waals surface area contributed by atoms with E-state index in [1.165, 1.54) is 109 Å². The lowest BCUT2D eigenvalue weighted by molar-refractivity contribution is 0.00575. The van der Waals surface area contributed by atoms with Gasteiger partial charge in [0.05, 0.1) is 0 Å². The zero-order valence-corrected chi connectivity index (χ0v) is 61.8. The average molecular weight is 1110 g/mol. The van der Waals surface area contributed by atoms with Gasteiger partial charge in [0.2, 0.25) is 0 Å². The summed E-state index contributed by atoms with van der Waals surface area (Å²) in [6.45, 7) is 74.9. The van der Waals surface area contributed by atoms with Crippen molar-refractivity contribution in [1.29, 1.82) is 0 Å². The second kappa shape index (κ2) is 35.0. The quantitative estimate of drug-likeness (QED) is 0.245. The summed E-state index contributed by atoms with van der Waals surface area (Å²) >= 11 is 0. The van der Waals surface area contributed by atoms with Crippen molar-refractivity contribution < 1.29 is 0 Å². The summed E-state index contributed by atoms with van der Waals surface area (Å²) in [5.41, 5.74) is 3.55. The smallest absolute Gasteiger partial charge is 0.0257 e. The molecule has 0 N–H and O–H groups in total. The van der Waals surface area contributed by atoms with Crippen LogP contribution in [0.2, 0.25) is 0 Å². The topological polar surface area (TPSA) is 0 Å². The van der Waals surface area contributed by atoms with Crippen LogP contribution in [0.25, 0.3) is 0 Å². The zero-order valence-electron chi connectivity index (χ0n) is 61.8. The van der Waals surface area contributed by atoms with Crippen LogP contribution in [0, 0.1) is 126 Å². The van der Waals surface area contributed by atoms with Gasteiger partial charge in [-0.05, 0) is 190 Å². The van der Waals surface area contributed by atoms with Gasteiger partial charge < -0.3 is 0 Å². The molecule has 0 amide bonds. The summed E-state index contributed by atoms with van der Waals surface area (Å²) in [5, 5.41) is 0. The highest BCUT2D eigenvalue weighted by Gasteiger charge is 2.43. The van der Waals surface area contributed by atoms with E-state index in [0.717, 1.165) is 82.9 Å². The van der Waals surface area contributed by atoms with Crippen LogP contribution in [-0.2, 0) is 0 Å². The van der Waals surface area contributed by atoms with Crippen molar-refractivity contribution in [2.75, 3.05) is 0 Å². The number of fused-ring (bicyclic) bond motifs is 4. The van der Waals surface area contributed by atoms with Crippen molar-refractivity contribution >= 4 is 0 Å². The van der Waals surface area contributed by atoms with Crippen LogP contribution in [0.15, 0.2) is 0 Å². The Morgan fingerprint density at radius 3 is 0.835 bits per heavy atom. The fourth-order valence-electron chi connectivity index (χ4n) is 14.6. The summed E-state index contributed by atoms with van der Waals surface area (Å²) < 4.78 is 0. The summed E-state index contributed by atoms with van der Waals surface area (Å²) in [6.07, 6.45) is 37.4. The molecule has 0 heteroatoms. The molecule has 7 atom stereocenters. The number of rotatable bonds is 1.